The molecule has 0 atom stereocenters. The Labute approximate surface area is 166 Å². The van der Waals surface area contributed by atoms with Crippen molar-refractivity contribution in [2.45, 2.75) is 20.0 Å². The van der Waals surface area contributed by atoms with E-state index in [1.165, 1.54) is 23.9 Å². The van der Waals surface area contributed by atoms with Gasteiger partial charge in [0.15, 0.2) is 0 Å². The van der Waals surface area contributed by atoms with Crippen LogP contribution in [0.25, 0.3) is 0 Å². The highest BCUT2D eigenvalue weighted by atomic mass is 32.2. The van der Waals surface area contributed by atoms with Crippen LogP contribution in [0.15, 0.2) is 48.5 Å². The minimum Gasteiger partial charge on any atom is -0.435 e. The van der Waals surface area contributed by atoms with E-state index in [0.29, 0.717) is 13.0 Å². The molecule has 2 N–H and O–H groups in total. The highest BCUT2D eigenvalue weighted by Gasteiger charge is 2.07. The topological polar surface area (TPSA) is 67.4 Å². The molecule has 0 saturated carbocycles. The van der Waals surface area contributed by atoms with Crippen LogP contribution in [-0.2, 0) is 16.0 Å². The summed E-state index contributed by atoms with van der Waals surface area (Å²) in [5, 5.41) is 5.55. The van der Waals surface area contributed by atoms with E-state index < -0.39 is 6.61 Å². The summed E-state index contributed by atoms with van der Waals surface area (Å²) in [6.07, 6.45) is 0.569. The molecule has 0 aliphatic rings. The number of thioether (sulfide) groups is 1. The number of hydrogen-bond donors (Lipinski definition) is 2. The van der Waals surface area contributed by atoms with E-state index in [4.69, 9.17) is 0 Å². The quantitative estimate of drug-likeness (QED) is 0.630. The van der Waals surface area contributed by atoms with Crippen molar-refractivity contribution in [3.05, 3.63) is 59.7 Å². The van der Waals surface area contributed by atoms with E-state index in [-0.39, 0.29) is 29.1 Å². The van der Waals surface area contributed by atoms with E-state index >= 15 is 0 Å². The highest BCUT2D eigenvalue weighted by Crippen LogP contribution is 2.15. The molecule has 0 unspecified atom stereocenters. The maximum Gasteiger partial charge on any atom is 0.387 e. The van der Waals surface area contributed by atoms with Gasteiger partial charge in [-0.2, -0.15) is 8.78 Å². The Balaban J connectivity index is 1.60. The number of aryl methyl sites for hydroxylation is 1. The molecule has 28 heavy (non-hydrogen) atoms. The normalized spacial score (nSPS) is 10.6. The fourth-order valence-electron chi connectivity index (χ4n) is 2.39. The first-order chi connectivity index (χ1) is 13.4. The van der Waals surface area contributed by atoms with Crippen LogP contribution in [0.2, 0.25) is 0 Å². The van der Waals surface area contributed by atoms with Gasteiger partial charge < -0.3 is 15.4 Å². The third-order valence-corrected chi connectivity index (χ3v) is 4.59. The summed E-state index contributed by atoms with van der Waals surface area (Å²) in [6.45, 7) is -0.480. The third kappa shape index (κ3) is 8.39. The second-order valence-corrected chi connectivity index (χ2v) is 7.02. The van der Waals surface area contributed by atoms with E-state index in [0.717, 1.165) is 16.8 Å². The predicted molar refractivity (Wildman–Crippen MR) is 107 cm³/mol. The number of ether oxygens (including phenoxy) is 1. The summed E-state index contributed by atoms with van der Waals surface area (Å²) in [4.78, 5) is 23.7. The Morgan fingerprint density at radius 3 is 2.46 bits per heavy atom. The maximum absolute atomic E-state index is 12.1. The number of rotatable bonds is 10. The molecule has 2 rings (SSSR count). The number of carbonyl (C=O) groups excluding carboxylic acids is 2. The molecule has 0 spiro atoms. The average Bonchev–Trinajstić information content (AvgIpc) is 2.63. The van der Waals surface area contributed by atoms with Crippen molar-refractivity contribution in [2.75, 3.05) is 23.4 Å². The number of benzene rings is 2. The summed E-state index contributed by atoms with van der Waals surface area (Å²) >= 11 is 1.24. The van der Waals surface area contributed by atoms with Gasteiger partial charge in [-0.15, -0.1) is 11.8 Å². The Kier molecular flexibility index (Phi) is 8.74. The fourth-order valence-corrected chi connectivity index (χ4v) is 3.04. The van der Waals surface area contributed by atoms with Crippen molar-refractivity contribution in [3.8, 4) is 5.75 Å². The molecular formula is C20H22F2N2O3S. The lowest BCUT2D eigenvalue weighted by Crippen LogP contribution is -2.28. The van der Waals surface area contributed by atoms with Gasteiger partial charge in [0.2, 0.25) is 11.8 Å². The number of anilines is 1. The smallest absolute Gasteiger partial charge is 0.387 e. The van der Waals surface area contributed by atoms with Crippen molar-refractivity contribution in [2.24, 2.45) is 0 Å². The first kappa shape index (κ1) is 21.7. The summed E-state index contributed by atoms with van der Waals surface area (Å²) in [5.41, 5.74) is 2.69. The zero-order chi connectivity index (χ0) is 20.4. The first-order valence-corrected chi connectivity index (χ1v) is 9.82. The van der Waals surface area contributed by atoms with Crippen LogP contribution in [-0.4, -0.2) is 36.5 Å². The average molecular weight is 408 g/mol. The molecule has 2 aromatic rings. The van der Waals surface area contributed by atoms with Gasteiger partial charge in [-0.3, -0.25) is 9.59 Å². The number of carbonyl (C=O) groups is 2. The molecule has 0 aromatic heterocycles. The molecular weight excluding hydrogens is 386 g/mol. The van der Waals surface area contributed by atoms with Crippen molar-refractivity contribution in [3.63, 3.8) is 0 Å². The molecule has 0 saturated heterocycles. The Morgan fingerprint density at radius 2 is 1.79 bits per heavy atom. The molecule has 0 aliphatic carbocycles. The zero-order valence-electron chi connectivity index (χ0n) is 15.4. The second kappa shape index (κ2) is 11.3. The molecule has 2 aromatic carbocycles. The maximum atomic E-state index is 12.1. The van der Waals surface area contributed by atoms with Gasteiger partial charge in [0.25, 0.3) is 0 Å². The molecule has 5 nitrogen and oxygen atoms in total. The van der Waals surface area contributed by atoms with E-state index in [1.807, 2.05) is 31.2 Å². The number of nitrogens with one attached hydrogen (secondary N) is 2. The summed E-state index contributed by atoms with van der Waals surface area (Å²) in [7, 11) is 0. The highest BCUT2D eigenvalue weighted by molar-refractivity contribution is 8.00. The standard InChI is InChI=1S/C20H22F2N2O3S/c1-14-3-2-4-16(11-14)24-19(26)13-28-12-18(25)23-10-9-15-5-7-17(8-6-15)27-20(21)22/h2-8,11,20H,9-10,12-13H2,1H3,(H,23,25)(H,24,26). The Morgan fingerprint density at radius 1 is 1.07 bits per heavy atom. The molecule has 0 bridgehead atoms. The van der Waals surface area contributed by atoms with Crippen LogP contribution in [0, 0.1) is 6.92 Å². The van der Waals surface area contributed by atoms with Crippen molar-refractivity contribution >= 4 is 29.3 Å². The summed E-state index contributed by atoms with van der Waals surface area (Å²) in [5.74, 6) is 0.152. The van der Waals surface area contributed by atoms with Gasteiger partial charge >= 0.3 is 6.61 Å². The lowest BCUT2D eigenvalue weighted by atomic mass is 10.1. The van der Waals surface area contributed by atoms with E-state index in [9.17, 15) is 18.4 Å². The molecule has 0 aliphatic heterocycles. The lowest BCUT2D eigenvalue weighted by molar-refractivity contribution is -0.118. The Bertz CT molecular complexity index is 785. The van der Waals surface area contributed by atoms with Gasteiger partial charge in [-0.25, -0.2) is 0 Å². The van der Waals surface area contributed by atoms with Gasteiger partial charge in [0.1, 0.15) is 5.75 Å². The largest absolute Gasteiger partial charge is 0.435 e. The number of hydrogen-bond acceptors (Lipinski definition) is 4. The monoisotopic (exact) mass is 408 g/mol. The van der Waals surface area contributed by atoms with Gasteiger partial charge in [-0.1, -0.05) is 24.3 Å². The lowest BCUT2D eigenvalue weighted by Gasteiger charge is -2.08. The number of alkyl halides is 2. The van der Waals surface area contributed by atoms with Crippen LogP contribution >= 0.6 is 11.8 Å². The number of amides is 2. The van der Waals surface area contributed by atoms with Gasteiger partial charge in [0.05, 0.1) is 11.5 Å². The first-order valence-electron chi connectivity index (χ1n) is 8.67. The van der Waals surface area contributed by atoms with Crippen LogP contribution in [0.3, 0.4) is 0 Å². The van der Waals surface area contributed by atoms with Gasteiger partial charge in [-0.05, 0) is 48.7 Å². The zero-order valence-corrected chi connectivity index (χ0v) is 16.2. The van der Waals surface area contributed by atoms with E-state index in [1.54, 1.807) is 12.1 Å². The predicted octanol–water partition coefficient (Wildman–Crippen LogP) is 3.63. The SMILES string of the molecule is Cc1cccc(NC(=O)CSCC(=O)NCCc2ccc(OC(F)F)cc2)c1. The minimum absolute atomic E-state index is 0.100. The second-order valence-electron chi connectivity index (χ2n) is 6.03. The van der Waals surface area contributed by atoms with E-state index in [2.05, 4.69) is 15.4 Å². The molecule has 0 fully saturated rings. The molecule has 0 heterocycles. The van der Waals surface area contributed by atoms with Gasteiger partial charge in [0, 0.05) is 12.2 Å². The molecule has 150 valence electrons. The van der Waals surface area contributed by atoms with Crippen LogP contribution in [0.4, 0.5) is 14.5 Å². The summed E-state index contributed by atoms with van der Waals surface area (Å²) in [6, 6.07) is 13.8. The molecule has 8 heteroatoms. The molecule has 2 amide bonds. The Hall–Kier alpha value is -2.61. The number of halogens is 2. The molecule has 0 radical (unpaired) electrons. The van der Waals surface area contributed by atoms with Crippen molar-refractivity contribution < 1.29 is 23.1 Å². The van der Waals surface area contributed by atoms with Crippen LogP contribution in [0.1, 0.15) is 11.1 Å². The fraction of sp³-hybridized carbons (Fsp3) is 0.300. The third-order valence-electron chi connectivity index (χ3n) is 3.65. The van der Waals surface area contributed by atoms with Crippen molar-refractivity contribution in [1.82, 2.24) is 5.32 Å². The van der Waals surface area contributed by atoms with Crippen molar-refractivity contribution in [1.29, 1.82) is 0 Å². The summed E-state index contributed by atoms with van der Waals surface area (Å²) < 4.78 is 28.5. The van der Waals surface area contributed by atoms with Crippen LogP contribution < -0.4 is 15.4 Å². The minimum atomic E-state index is -2.85. The van der Waals surface area contributed by atoms with Crippen LogP contribution in [0.5, 0.6) is 5.75 Å².